The fraction of sp³-hybridized carbons (Fsp3) is 1.00. The molecule has 0 aliphatic heterocycles. The van der Waals surface area contributed by atoms with E-state index in [0.717, 1.165) is 32.2 Å². The van der Waals surface area contributed by atoms with Crippen molar-refractivity contribution in [1.82, 2.24) is 5.32 Å². The first-order valence-electron chi connectivity index (χ1n) is 6.48. The summed E-state index contributed by atoms with van der Waals surface area (Å²) in [5.41, 5.74) is -0.628. The van der Waals surface area contributed by atoms with Gasteiger partial charge in [0.1, 0.15) is 9.84 Å². The lowest BCUT2D eigenvalue weighted by Crippen LogP contribution is -2.41. The normalized spacial score (nSPS) is 30.4. The van der Waals surface area contributed by atoms with E-state index in [-0.39, 0.29) is 5.75 Å². The predicted molar refractivity (Wildman–Crippen MR) is 69.8 cm³/mol. The van der Waals surface area contributed by atoms with Gasteiger partial charge >= 0.3 is 0 Å². The Labute approximate surface area is 105 Å². The molecule has 1 rings (SSSR count). The molecule has 0 heterocycles. The maximum absolute atomic E-state index is 11.0. The lowest BCUT2D eigenvalue weighted by Gasteiger charge is -2.36. The molecular formula is C12H25NO3S. The summed E-state index contributed by atoms with van der Waals surface area (Å²) in [5.74, 6) is 0.186. The van der Waals surface area contributed by atoms with Gasteiger partial charge in [0.05, 0.1) is 5.60 Å². The number of sulfone groups is 1. The maximum Gasteiger partial charge on any atom is 0.147 e. The molecule has 102 valence electrons. The van der Waals surface area contributed by atoms with Gasteiger partial charge in [-0.05, 0) is 45.1 Å². The van der Waals surface area contributed by atoms with Crippen molar-refractivity contribution in [3.05, 3.63) is 0 Å². The second-order valence-electron chi connectivity index (χ2n) is 5.29. The quantitative estimate of drug-likeness (QED) is 0.753. The van der Waals surface area contributed by atoms with Gasteiger partial charge in [-0.1, -0.05) is 6.92 Å². The van der Waals surface area contributed by atoms with E-state index in [9.17, 15) is 13.5 Å². The first kappa shape index (κ1) is 14.9. The average molecular weight is 263 g/mol. The molecule has 17 heavy (non-hydrogen) atoms. The minimum absolute atomic E-state index is 0.186. The molecule has 1 fully saturated rings. The van der Waals surface area contributed by atoms with Crippen LogP contribution in [0.4, 0.5) is 0 Å². The van der Waals surface area contributed by atoms with E-state index < -0.39 is 15.4 Å². The average Bonchev–Trinajstić information content (AvgIpc) is 2.20. The molecule has 0 aromatic heterocycles. The lowest BCUT2D eigenvalue weighted by atomic mass is 9.79. The monoisotopic (exact) mass is 263 g/mol. The SMILES string of the molecule is CCNC1CCC(O)(CCCS(C)(=O)=O)CC1. The molecule has 0 radical (unpaired) electrons. The van der Waals surface area contributed by atoms with E-state index in [1.165, 1.54) is 6.26 Å². The Hall–Kier alpha value is -0.130. The largest absolute Gasteiger partial charge is 0.390 e. The van der Waals surface area contributed by atoms with Gasteiger partial charge in [0.2, 0.25) is 0 Å². The summed E-state index contributed by atoms with van der Waals surface area (Å²) < 4.78 is 22.0. The molecule has 1 aliphatic carbocycles. The molecule has 0 aromatic carbocycles. The van der Waals surface area contributed by atoms with Gasteiger partial charge in [-0.25, -0.2) is 8.42 Å². The molecule has 0 spiro atoms. The zero-order valence-corrected chi connectivity index (χ0v) is 11.7. The van der Waals surface area contributed by atoms with Crippen molar-refractivity contribution < 1.29 is 13.5 Å². The third kappa shape index (κ3) is 5.84. The molecule has 2 N–H and O–H groups in total. The van der Waals surface area contributed by atoms with Crippen molar-refractivity contribution >= 4 is 9.84 Å². The second kappa shape index (κ2) is 6.16. The molecular weight excluding hydrogens is 238 g/mol. The Morgan fingerprint density at radius 1 is 1.35 bits per heavy atom. The zero-order valence-electron chi connectivity index (χ0n) is 10.9. The molecule has 0 atom stereocenters. The van der Waals surface area contributed by atoms with Gasteiger partial charge in [0.15, 0.2) is 0 Å². The minimum atomic E-state index is -2.89. The van der Waals surface area contributed by atoms with Gasteiger partial charge in [0.25, 0.3) is 0 Å². The Balaban J connectivity index is 2.29. The van der Waals surface area contributed by atoms with Gasteiger partial charge < -0.3 is 10.4 Å². The van der Waals surface area contributed by atoms with E-state index in [1.807, 2.05) is 0 Å². The fourth-order valence-electron chi connectivity index (χ4n) is 2.56. The Morgan fingerprint density at radius 3 is 2.41 bits per heavy atom. The van der Waals surface area contributed by atoms with Crippen molar-refractivity contribution in [3.63, 3.8) is 0 Å². The summed E-state index contributed by atoms with van der Waals surface area (Å²) in [6, 6.07) is 0.523. The van der Waals surface area contributed by atoms with Crippen LogP contribution >= 0.6 is 0 Å². The van der Waals surface area contributed by atoms with Crippen molar-refractivity contribution in [2.75, 3.05) is 18.6 Å². The number of nitrogens with one attached hydrogen (secondary N) is 1. The summed E-state index contributed by atoms with van der Waals surface area (Å²) in [6.45, 7) is 3.06. The topological polar surface area (TPSA) is 66.4 Å². The van der Waals surface area contributed by atoms with E-state index in [2.05, 4.69) is 12.2 Å². The van der Waals surface area contributed by atoms with E-state index in [1.54, 1.807) is 0 Å². The first-order chi connectivity index (χ1) is 7.85. The molecule has 0 bridgehead atoms. The Kier molecular flexibility index (Phi) is 5.41. The number of aliphatic hydroxyl groups is 1. The first-order valence-corrected chi connectivity index (χ1v) is 8.54. The summed E-state index contributed by atoms with van der Waals surface area (Å²) in [6.07, 6.45) is 5.98. The van der Waals surface area contributed by atoms with E-state index in [4.69, 9.17) is 0 Å². The molecule has 5 heteroatoms. The summed E-state index contributed by atoms with van der Waals surface area (Å²) in [4.78, 5) is 0. The van der Waals surface area contributed by atoms with Gasteiger partial charge in [-0.15, -0.1) is 0 Å². The highest BCUT2D eigenvalue weighted by Crippen LogP contribution is 2.32. The van der Waals surface area contributed by atoms with Gasteiger partial charge in [-0.3, -0.25) is 0 Å². The third-order valence-electron chi connectivity index (χ3n) is 3.57. The highest BCUT2D eigenvalue weighted by atomic mass is 32.2. The van der Waals surface area contributed by atoms with Gasteiger partial charge in [-0.2, -0.15) is 0 Å². The van der Waals surface area contributed by atoms with Crippen molar-refractivity contribution in [3.8, 4) is 0 Å². The van der Waals surface area contributed by atoms with Crippen LogP contribution in [-0.4, -0.2) is 43.7 Å². The Bertz CT molecular complexity index is 319. The smallest absolute Gasteiger partial charge is 0.147 e. The molecule has 1 aliphatic rings. The minimum Gasteiger partial charge on any atom is -0.390 e. The van der Waals surface area contributed by atoms with Crippen LogP contribution in [0.25, 0.3) is 0 Å². The number of rotatable bonds is 6. The lowest BCUT2D eigenvalue weighted by molar-refractivity contribution is -0.0111. The van der Waals surface area contributed by atoms with Gasteiger partial charge in [0, 0.05) is 18.1 Å². The highest BCUT2D eigenvalue weighted by molar-refractivity contribution is 7.90. The summed E-state index contributed by atoms with van der Waals surface area (Å²) in [5, 5.41) is 13.7. The number of hydrogen-bond donors (Lipinski definition) is 2. The van der Waals surface area contributed by atoms with Crippen molar-refractivity contribution in [2.24, 2.45) is 0 Å². The Morgan fingerprint density at radius 2 is 1.94 bits per heavy atom. The van der Waals surface area contributed by atoms with Crippen LogP contribution in [0.1, 0.15) is 45.4 Å². The number of hydrogen-bond acceptors (Lipinski definition) is 4. The van der Waals surface area contributed by atoms with Crippen LogP contribution in [0.2, 0.25) is 0 Å². The van der Waals surface area contributed by atoms with Crippen LogP contribution in [0.15, 0.2) is 0 Å². The summed E-state index contributed by atoms with van der Waals surface area (Å²) >= 11 is 0. The zero-order chi connectivity index (χ0) is 12.9. The van der Waals surface area contributed by atoms with Crippen LogP contribution in [-0.2, 0) is 9.84 Å². The molecule has 1 saturated carbocycles. The van der Waals surface area contributed by atoms with E-state index in [0.29, 0.717) is 18.9 Å². The van der Waals surface area contributed by atoms with Crippen molar-refractivity contribution in [1.29, 1.82) is 0 Å². The molecule has 0 unspecified atom stereocenters. The van der Waals surface area contributed by atoms with Crippen LogP contribution in [0, 0.1) is 0 Å². The third-order valence-corrected chi connectivity index (χ3v) is 4.60. The van der Waals surface area contributed by atoms with Crippen LogP contribution in [0.3, 0.4) is 0 Å². The van der Waals surface area contributed by atoms with Crippen LogP contribution in [0.5, 0.6) is 0 Å². The molecule has 4 nitrogen and oxygen atoms in total. The van der Waals surface area contributed by atoms with Crippen molar-refractivity contribution in [2.45, 2.75) is 57.1 Å². The maximum atomic E-state index is 11.0. The summed E-state index contributed by atoms with van der Waals surface area (Å²) in [7, 11) is -2.89. The van der Waals surface area contributed by atoms with E-state index >= 15 is 0 Å². The standard InChI is InChI=1S/C12H25NO3S/c1-3-13-11-5-8-12(14,9-6-11)7-4-10-17(2,15)16/h11,13-14H,3-10H2,1-2H3. The predicted octanol–water partition coefficient (Wildman–Crippen LogP) is 1.09. The fourth-order valence-corrected chi connectivity index (χ4v) is 3.23. The molecule has 0 amide bonds. The second-order valence-corrected chi connectivity index (χ2v) is 7.55. The molecule has 0 aromatic rings. The van der Waals surface area contributed by atoms with Crippen LogP contribution < -0.4 is 5.32 Å². The highest BCUT2D eigenvalue weighted by Gasteiger charge is 2.32. The molecule has 0 saturated heterocycles.